The fourth-order valence-electron chi connectivity index (χ4n) is 1.08. The highest BCUT2D eigenvalue weighted by molar-refractivity contribution is 5.71. The average Bonchev–Trinajstić information content (AvgIpc) is 2.61. The van der Waals surface area contributed by atoms with Crippen molar-refractivity contribution < 1.29 is 0 Å². The van der Waals surface area contributed by atoms with E-state index in [0.29, 0.717) is 0 Å². The van der Waals surface area contributed by atoms with Crippen LogP contribution in [0.1, 0.15) is 20.8 Å². The Kier molecular flexibility index (Phi) is 7.51. The van der Waals surface area contributed by atoms with Gasteiger partial charge < -0.3 is 0 Å². The number of hydrogen-bond donors (Lipinski definition) is 0. The van der Waals surface area contributed by atoms with Gasteiger partial charge in [-0.1, -0.05) is 39.2 Å². The molecule has 0 saturated heterocycles. The molecule has 0 saturated carbocycles. The van der Waals surface area contributed by atoms with E-state index in [2.05, 4.69) is 18.3 Å². The summed E-state index contributed by atoms with van der Waals surface area (Å²) in [5.41, 5.74) is 1.99. The summed E-state index contributed by atoms with van der Waals surface area (Å²) >= 11 is 0. The highest BCUT2D eigenvalue weighted by atomic mass is 15.4. The lowest BCUT2D eigenvalue weighted by atomic mass is 10.2. The topological polar surface area (TPSA) is 15.6 Å². The smallest absolute Gasteiger partial charge is 0.0668 e. The SMILES string of the molecule is C=C/C(C)=C(\C=C)N1C=CC=CC=N1.CC. The van der Waals surface area contributed by atoms with Gasteiger partial charge in [0.1, 0.15) is 0 Å². The molecule has 0 aliphatic carbocycles. The van der Waals surface area contributed by atoms with Crippen LogP contribution in [-0.4, -0.2) is 11.2 Å². The van der Waals surface area contributed by atoms with Gasteiger partial charge in [0.15, 0.2) is 0 Å². The first-order chi connectivity index (χ1) is 7.79. The van der Waals surface area contributed by atoms with Crippen molar-refractivity contribution in [2.24, 2.45) is 5.10 Å². The third kappa shape index (κ3) is 4.13. The molecule has 1 aliphatic rings. The van der Waals surface area contributed by atoms with Crippen LogP contribution in [0.5, 0.6) is 0 Å². The highest BCUT2D eigenvalue weighted by Gasteiger charge is 2.03. The van der Waals surface area contributed by atoms with E-state index in [4.69, 9.17) is 0 Å². The predicted octanol–water partition coefficient (Wildman–Crippen LogP) is 4.03. The molecule has 86 valence electrons. The fourth-order valence-corrected chi connectivity index (χ4v) is 1.08. The van der Waals surface area contributed by atoms with Crippen molar-refractivity contribution in [2.75, 3.05) is 0 Å². The molecule has 1 rings (SSSR count). The van der Waals surface area contributed by atoms with Gasteiger partial charge in [-0.25, -0.2) is 5.01 Å². The molecule has 0 aromatic carbocycles. The van der Waals surface area contributed by atoms with Gasteiger partial charge in [-0.2, -0.15) is 5.10 Å². The summed E-state index contributed by atoms with van der Waals surface area (Å²) in [6.07, 6.45) is 12.9. The van der Waals surface area contributed by atoms with E-state index in [9.17, 15) is 0 Å². The average molecular weight is 216 g/mol. The van der Waals surface area contributed by atoms with E-state index in [-0.39, 0.29) is 0 Å². The number of rotatable bonds is 3. The van der Waals surface area contributed by atoms with Crippen LogP contribution in [-0.2, 0) is 0 Å². The maximum absolute atomic E-state index is 4.22. The summed E-state index contributed by atoms with van der Waals surface area (Å²) in [5, 5.41) is 5.99. The number of nitrogens with zero attached hydrogens (tertiary/aromatic N) is 2. The molecular weight excluding hydrogens is 196 g/mol. The molecule has 0 aromatic rings. The van der Waals surface area contributed by atoms with Crippen molar-refractivity contribution in [1.82, 2.24) is 5.01 Å². The van der Waals surface area contributed by atoms with Crippen LogP contribution < -0.4 is 0 Å². The van der Waals surface area contributed by atoms with Gasteiger partial charge in [-0.15, -0.1) is 0 Å². The first-order valence-electron chi connectivity index (χ1n) is 5.42. The Bertz CT molecular complexity index is 328. The Hall–Kier alpha value is -1.83. The minimum absolute atomic E-state index is 0.941. The maximum Gasteiger partial charge on any atom is 0.0668 e. The summed E-state index contributed by atoms with van der Waals surface area (Å²) in [4.78, 5) is 0. The van der Waals surface area contributed by atoms with Crippen LogP contribution in [0, 0.1) is 0 Å². The monoisotopic (exact) mass is 216 g/mol. The second-order valence-corrected chi connectivity index (χ2v) is 2.81. The van der Waals surface area contributed by atoms with Gasteiger partial charge in [-0.3, -0.25) is 0 Å². The normalized spacial score (nSPS) is 14.6. The Balaban J connectivity index is 0.00000106. The molecular formula is C14H20N2. The molecule has 0 radical (unpaired) electrons. The Labute approximate surface area is 98.7 Å². The van der Waals surface area contributed by atoms with Gasteiger partial charge in [-0.05, 0) is 30.7 Å². The summed E-state index contributed by atoms with van der Waals surface area (Å²) in [6.45, 7) is 13.5. The number of hydrazone groups is 1. The van der Waals surface area contributed by atoms with Crippen LogP contribution in [0.25, 0.3) is 0 Å². The largest absolute Gasteiger partial charge is 0.241 e. The van der Waals surface area contributed by atoms with E-state index in [1.54, 1.807) is 23.4 Å². The molecule has 2 nitrogen and oxygen atoms in total. The van der Waals surface area contributed by atoms with Crippen LogP contribution in [0.3, 0.4) is 0 Å². The molecule has 1 aliphatic heterocycles. The van der Waals surface area contributed by atoms with Gasteiger partial charge in [0.05, 0.1) is 5.70 Å². The Morgan fingerprint density at radius 2 is 1.81 bits per heavy atom. The molecule has 0 amide bonds. The predicted molar refractivity (Wildman–Crippen MR) is 73.1 cm³/mol. The first-order valence-corrected chi connectivity index (χ1v) is 5.42. The van der Waals surface area contributed by atoms with Crippen LogP contribution in [0.2, 0.25) is 0 Å². The Morgan fingerprint density at radius 3 is 2.38 bits per heavy atom. The molecule has 0 atom stereocenters. The molecule has 0 spiro atoms. The minimum Gasteiger partial charge on any atom is -0.241 e. The van der Waals surface area contributed by atoms with Gasteiger partial charge in [0.25, 0.3) is 0 Å². The molecule has 16 heavy (non-hydrogen) atoms. The number of hydrogen-bond acceptors (Lipinski definition) is 2. The lowest BCUT2D eigenvalue weighted by molar-refractivity contribution is 0.514. The van der Waals surface area contributed by atoms with Crippen molar-refractivity contribution in [1.29, 1.82) is 0 Å². The van der Waals surface area contributed by atoms with Crippen molar-refractivity contribution >= 4 is 6.21 Å². The summed E-state index contributed by atoms with van der Waals surface area (Å²) < 4.78 is 0. The minimum atomic E-state index is 0.941. The van der Waals surface area contributed by atoms with E-state index in [1.165, 1.54) is 0 Å². The third-order valence-electron chi connectivity index (χ3n) is 1.88. The quantitative estimate of drug-likeness (QED) is 0.650. The molecule has 0 unspecified atom stereocenters. The summed E-state index contributed by atoms with van der Waals surface area (Å²) in [6, 6.07) is 0. The Morgan fingerprint density at radius 1 is 1.12 bits per heavy atom. The van der Waals surface area contributed by atoms with Crippen molar-refractivity contribution in [3.05, 3.63) is 61.0 Å². The second-order valence-electron chi connectivity index (χ2n) is 2.81. The summed E-state index contributed by atoms with van der Waals surface area (Å²) in [7, 11) is 0. The van der Waals surface area contributed by atoms with Gasteiger partial charge in [0, 0.05) is 12.4 Å². The van der Waals surface area contributed by atoms with Crippen LogP contribution >= 0.6 is 0 Å². The maximum atomic E-state index is 4.22. The second kappa shape index (κ2) is 8.48. The van der Waals surface area contributed by atoms with Crippen LogP contribution in [0.4, 0.5) is 0 Å². The zero-order valence-electron chi connectivity index (χ0n) is 10.4. The molecule has 0 fully saturated rings. The molecule has 2 heteroatoms. The van der Waals surface area contributed by atoms with Crippen molar-refractivity contribution in [3.8, 4) is 0 Å². The number of allylic oxidation sites excluding steroid dienone is 6. The molecule has 0 aromatic heterocycles. The molecule has 0 bridgehead atoms. The highest BCUT2D eigenvalue weighted by Crippen LogP contribution is 2.14. The van der Waals surface area contributed by atoms with E-state index >= 15 is 0 Å². The first kappa shape index (κ1) is 14.2. The third-order valence-corrected chi connectivity index (χ3v) is 1.88. The standard InChI is InChI=1S/C12H14N2.C2H6/c1-4-11(3)12(5-2)14-10-8-6-7-9-13-14;1-2/h4-10H,1-2H2,3H3;1-2H3/b12-11+;. The lowest BCUT2D eigenvalue weighted by Crippen LogP contribution is -2.08. The van der Waals surface area contributed by atoms with Gasteiger partial charge >= 0.3 is 0 Å². The molecule has 0 N–H and O–H groups in total. The fraction of sp³-hybridized carbons (Fsp3) is 0.214. The lowest BCUT2D eigenvalue weighted by Gasteiger charge is -2.16. The zero-order valence-corrected chi connectivity index (χ0v) is 10.4. The van der Waals surface area contributed by atoms with Gasteiger partial charge in [0.2, 0.25) is 0 Å². The van der Waals surface area contributed by atoms with E-state index < -0.39 is 0 Å². The summed E-state index contributed by atoms with van der Waals surface area (Å²) in [5.74, 6) is 0. The zero-order chi connectivity index (χ0) is 12.4. The van der Waals surface area contributed by atoms with Crippen molar-refractivity contribution in [2.45, 2.75) is 20.8 Å². The van der Waals surface area contributed by atoms with Crippen LogP contribution in [0.15, 0.2) is 66.1 Å². The van der Waals surface area contributed by atoms with Crippen molar-refractivity contribution in [3.63, 3.8) is 0 Å². The van der Waals surface area contributed by atoms with E-state index in [0.717, 1.165) is 11.3 Å². The van der Waals surface area contributed by atoms with E-state index in [1.807, 2.05) is 45.2 Å². The molecule has 1 heterocycles.